The highest BCUT2D eigenvalue weighted by molar-refractivity contribution is 8.15. The van der Waals surface area contributed by atoms with Crippen LogP contribution in [0, 0.1) is 5.41 Å². The SMILES string of the molecule is CC1=NC(C)(C)C(C)(C)C(C)(C)S1. The molecule has 0 aliphatic carbocycles. The number of nitrogens with zero attached hydrogens (tertiary/aromatic N) is 1. The monoisotopic (exact) mass is 199 g/mol. The van der Waals surface area contributed by atoms with E-state index >= 15 is 0 Å². The van der Waals surface area contributed by atoms with Gasteiger partial charge in [-0.3, -0.25) is 4.99 Å². The van der Waals surface area contributed by atoms with Crippen LogP contribution in [0.1, 0.15) is 48.5 Å². The molecule has 1 rings (SSSR count). The van der Waals surface area contributed by atoms with E-state index in [-0.39, 0.29) is 15.7 Å². The van der Waals surface area contributed by atoms with Crippen LogP contribution in [0.3, 0.4) is 0 Å². The van der Waals surface area contributed by atoms with Gasteiger partial charge in [0.15, 0.2) is 0 Å². The Morgan fingerprint density at radius 2 is 1.46 bits per heavy atom. The maximum absolute atomic E-state index is 4.74. The van der Waals surface area contributed by atoms with Crippen molar-refractivity contribution in [2.75, 3.05) is 0 Å². The van der Waals surface area contributed by atoms with Crippen LogP contribution in [0.4, 0.5) is 0 Å². The Hall–Kier alpha value is 0.0200. The summed E-state index contributed by atoms with van der Waals surface area (Å²) in [7, 11) is 0. The highest BCUT2D eigenvalue weighted by atomic mass is 32.2. The van der Waals surface area contributed by atoms with Crippen LogP contribution in [0.5, 0.6) is 0 Å². The molecule has 1 heterocycles. The van der Waals surface area contributed by atoms with E-state index in [1.54, 1.807) is 0 Å². The zero-order chi connectivity index (χ0) is 10.5. The molecule has 0 bridgehead atoms. The van der Waals surface area contributed by atoms with Gasteiger partial charge in [-0.05, 0) is 34.6 Å². The van der Waals surface area contributed by atoms with Crippen molar-refractivity contribution in [2.45, 2.75) is 58.8 Å². The first kappa shape index (κ1) is 11.1. The van der Waals surface area contributed by atoms with E-state index in [9.17, 15) is 0 Å². The second kappa shape index (κ2) is 2.75. The molecule has 0 spiro atoms. The van der Waals surface area contributed by atoms with E-state index in [4.69, 9.17) is 4.99 Å². The lowest BCUT2D eigenvalue weighted by Crippen LogP contribution is -2.53. The highest BCUT2D eigenvalue weighted by Gasteiger charge is 2.51. The van der Waals surface area contributed by atoms with Gasteiger partial charge in [0.05, 0.1) is 10.6 Å². The van der Waals surface area contributed by atoms with E-state index < -0.39 is 0 Å². The van der Waals surface area contributed by atoms with Crippen LogP contribution in [0.2, 0.25) is 0 Å². The molecule has 0 aromatic rings. The number of hydrogen-bond donors (Lipinski definition) is 0. The fourth-order valence-corrected chi connectivity index (χ4v) is 3.31. The van der Waals surface area contributed by atoms with Gasteiger partial charge in [-0.25, -0.2) is 0 Å². The lowest BCUT2D eigenvalue weighted by molar-refractivity contribution is 0.154. The summed E-state index contributed by atoms with van der Waals surface area (Å²) in [6.07, 6.45) is 0. The summed E-state index contributed by atoms with van der Waals surface area (Å²) < 4.78 is 0.266. The topological polar surface area (TPSA) is 12.4 Å². The van der Waals surface area contributed by atoms with Crippen molar-refractivity contribution in [3.63, 3.8) is 0 Å². The van der Waals surface area contributed by atoms with Crippen LogP contribution in [-0.2, 0) is 0 Å². The van der Waals surface area contributed by atoms with Crippen LogP contribution in [0.25, 0.3) is 0 Å². The van der Waals surface area contributed by atoms with Gasteiger partial charge >= 0.3 is 0 Å². The van der Waals surface area contributed by atoms with Gasteiger partial charge in [-0.15, -0.1) is 11.8 Å². The Bertz CT molecular complexity index is 249. The summed E-state index contributed by atoms with van der Waals surface area (Å²) in [5.74, 6) is 0. The molecule has 0 amide bonds. The lowest BCUT2D eigenvalue weighted by atomic mass is 9.67. The van der Waals surface area contributed by atoms with Gasteiger partial charge in [0, 0.05) is 10.2 Å². The second-order valence-electron chi connectivity index (χ2n) is 5.43. The van der Waals surface area contributed by atoms with Crippen LogP contribution in [0.15, 0.2) is 4.99 Å². The number of aliphatic imine (C=N–C) groups is 1. The largest absolute Gasteiger partial charge is 0.277 e. The average molecular weight is 199 g/mol. The molecule has 0 unspecified atom stereocenters. The Kier molecular flexibility index (Phi) is 2.35. The van der Waals surface area contributed by atoms with E-state index in [0.29, 0.717) is 0 Å². The van der Waals surface area contributed by atoms with Gasteiger partial charge < -0.3 is 0 Å². The van der Waals surface area contributed by atoms with Crippen molar-refractivity contribution in [1.82, 2.24) is 0 Å². The standard InChI is InChI=1S/C11H21NS/c1-8-12-10(4,5)9(2,3)11(6,7)13-8/h1-7H3. The first-order valence-electron chi connectivity index (χ1n) is 4.86. The number of rotatable bonds is 0. The Morgan fingerprint density at radius 1 is 1.00 bits per heavy atom. The average Bonchev–Trinajstić information content (AvgIpc) is 1.80. The molecule has 0 aromatic heterocycles. The summed E-state index contributed by atoms with van der Waals surface area (Å²) in [4.78, 5) is 4.74. The van der Waals surface area contributed by atoms with Gasteiger partial charge in [-0.2, -0.15) is 0 Å². The number of hydrogen-bond acceptors (Lipinski definition) is 2. The van der Waals surface area contributed by atoms with E-state index in [0.717, 1.165) is 0 Å². The fraction of sp³-hybridized carbons (Fsp3) is 0.909. The van der Waals surface area contributed by atoms with Crippen molar-refractivity contribution < 1.29 is 0 Å². The summed E-state index contributed by atoms with van der Waals surface area (Å²) in [5.41, 5.74) is 0.274. The predicted octanol–water partition coefficient (Wildman–Crippen LogP) is 3.74. The smallest absolute Gasteiger partial charge is 0.0657 e. The minimum absolute atomic E-state index is 0.0475. The highest BCUT2D eigenvalue weighted by Crippen LogP contribution is 2.53. The minimum atomic E-state index is 0.0475. The predicted molar refractivity (Wildman–Crippen MR) is 62.6 cm³/mol. The van der Waals surface area contributed by atoms with Crippen molar-refractivity contribution in [1.29, 1.82) is 0 Å². The second-order valence-corrected chi connectivity index (χ2v) is 7.24. The van der Waals surface area contributed by atoms with Gasteiger partial charge in [0.25, 0.3) is 0 Å². The van der Waals surface area contributed by atoms with Gasteiger partial charge in [0.2, 0.25) is 0 Å². The van der Waals surface area contributed by atoms with Crippen molar-refractivity contribution in [3.8, 4) is 0 Å². The Balaban J connectivity index is 3.21. The summed E-state index contributed by atoms with van der Waals surface area (Å²) in [5, 5.41) is 1.22. The lowest BCUT2D eigenvalue weighted by Gasteiger charge is -2.52. The summed E-state index contributed by atoms with van der Waals surface area (Å²) in [6, 6.07) is 0. The Labute approximate surface area is 86.4 Å². The van der Waals surface area contributed by atoms with Crippen LogP contribution >= 0.6 is 11.8 Å². The zero-order valence-electron chi connectivity index (χ0n) is 9.86. The molecule has 76 valence electrons. The van der Waals surface area contributed by atoms with Gasteiger partial charge in [-0.1, -0.05) is 13.8 Å². The molecule has 0 fully saturated rings. The number of thioether (sulfide) groups is 1. The molecular formula is C11H21NS. The molecule has 0 radical (unpaired) electrons. The van der Waals surface area contributed by atoms with Crippen molar-refractivity contribution in [3.05, 3.63) is 0 Å². The van der Waals surface area contributed by atoms with Crippen molar-refractivity contribution >= 4 is 16.8 Å². The molecular weight excluding hydrogens is 178 g/mol. The first-order chi connectivity index (χ1) is 5.60. The summed E-state index contributed by atoms with van der Waals surface area (Å²) in [6.45, 7) is 15.8. The molecule has 0 atom stereocenters. The normalized spacial score (nSPS) is 29.6. The van der Waals surface area contributed by atoms with Crippen LogP contribution in [-0.4, -0.2) is 15.3 Å². The van der Waals surface area contributed by atoms with Crippen molar-refractivity contribution in [2.24, 2.45) is 10.4 Å². The quantitative estimate of drug-likeness (QED) is 0.579. The molecule has 13 heavy (non-hydrogen) atoms. The maximum atomic E-state index is 4.74. The third-order valence-electron chi connectivity index (χ3n) is 3.87. The molecule has 0 saturated heterocycles. The molecule has 0 aromatic carbocycles. The Morgan fingerprint density at radius 3 is 1.85 bits per heavy atom. The third kappa shape index (κ3) is 1.54. The van der Waals surface area contributed by atoms with E-state index in [1.165, 1.54) is 5.04 Å². The molecule has 2 heteroatoms. The fourth-order valence-electron chi connectivity index (χ4n) is 1.79. The van der Waals surface area contributed by atoms with Crippen LogP contribution < -0.4 is 0 Å². The molecule has 0 N–H and O–H groups in total. The van der Waals surface area contributed by atoms with E-state index in [2.05, 4.69) is 48.5 Å². The first-order valence-corrected chi connectivity index (χ1v) is 5.67. The molecule has 1 aliphatic rings. The summed E-state index contributed by atoms with van der Waals surface area (Å²) >= 11 is 1.90. The molecule has 0 saturated carbocycles. The minimum Gasteiger partial charge on any atom is -0.277 e. The molecule has 1 nitrogen and oxygen atoms in total. The maximum Gasteiger partial charge on any atom is 0.0657 e. The van der Waals surface area contributed by atoms with E-state index in [1.807, 2.05) is 11.8 Å². The zero-order valence-corrected chi connectivity index (χ0v) is 10.7. The van der Waals surface area contributed by atoms with Gasteiger partial charge in [0.1, 0.15) is 0 Å². The molecule has 1 aliphatic heterocycles. The third-order valence-corrected chi connectivity index (χ3v) is 5.28.